The molecule has 84 valence electrons. The van der Waals surface area contributed by atoms with Crippen molar-refractivity contribution in [1.29, 1.82) is 0 Å². The maximum absolute atomic E-state index is 12.3. The highest BCUT2D eigenvalue weighted by Crippen LogP contribution is 2.22. The van der Waals surface area contributed by atoms with Gasteiger partial charge < -0.3 is 0 Å². The second kappa shape index (κ2) is 3.79. The average Bonchev–Trinajstić information content (AvgIpc) is 2.62. The molecule has 0 aliphatic carbocycles. The predicted molar refractivity (Wildman–Crippen MR) is 73.1 cm³/mol. The second-order valence-electron chi connectivity index (χ2n) is 3.84. The third kappa shape index (κ3) is 1.72. The van der Waals surface area contributed by atoms with Crippen molar-refractivity contribution < 1.29 is 0 Å². The first-order valence-corrected chi connectivity index (χ1v) is 6.34. The summed E-state index contributed by atoms with van der Waals surface area (Å²) in [4.78, 5) is 16.6. The van der Waals surface area contributed by atoms with E-state index in [1.54, 1.807) is 18.2 Å². The van der Waals surface area contributed by atoms with Gasteiger partial charge in [-0.25, -0.2) is 4.98 Å². The third-order valence-electron chi connectivity index (χ3n) is 2.65. The zero-order chi connectivity index (χ0) is 12.0. The molecule has 0 radical (unpaired) electrons. The van der Waals surface area contributed by atoms with Gasteiger partial charge in [-0.3, -0.25) is 4.79 Å². The molecule has 1 aromatic heterocycles. The monoisotopic (exact) mass is 261 g/mol. The lowest BCUT2D eigenvalue weighted by Gasteiger charge is -1.91. The SMILES string of the molecule is Cc1nc2c(=O)c3ccc(Cl)cc3ccc2s1. The molecule has 0 saturated carbocycles. The minimum absolute atomic E-state index is 0.0268. The van der Waals surface area contributed by atoms with Crippen molar-refractivity contribution in [3.8, 4) is 0 Å². The molecular weight excluding hydrogens is 254 g/mol. The van der Waals surface area contributed by atoms with E-state index in [1.807, 2.05) is 19.1 Å². The molecule has 0 aliphatic heterocycles. The Balaban J connectivity index is 2.60. The highest BCUT2D eigenvalue weighted by Gasteiger charge is 2.06. The van der Waals surface area contributed by atoms with Gasteiger partial charge in [-0.2, -0.15) is 0 Å². The van der Waals surface area contributed by atoms with Crippen LogP contribution in [0, 0.1) is 6.92 Å². The van der Waals surface area contributed by atoms with Gasteiger partial charge in [0.05, 0.1) is 9.71 Å². The van der Waals surface area contributed by atoms with Gasteiger partial charge in [0.25, 0.3) is 0 Å². The van der Waals surface area contributed by atoms with Gasteiger partial charge in [0.15, 0.2) is 0 Å². The van der Waals surface area contributed by atoms with Crippen molar-refractivity contribution in [2.24, 2.45) is 0 Å². The molecule has 0 spiro atoms. The smallest absolute Gasteiger partial charge is 0.213 e. The zero-order valence-electron chi connectivity index (χ0n) is 9.03. The Hall–Kier alpha value is -1.45. The maximum atomic E-state index is 12.3. The number of hydrogen-bond acceptors (Lipinski definition) is 3. The third-order valence-corrected chi connectivity index (χ3v) is 3.82. The Morgan fingerprint density at radius 1 is 1.24 bits per heavy atom. The van der Waals surface area contributed by atoms with Crippen molar-refractivity contribution in [1.82, 2.24) is 4.98 Å². The number of halogens is 1. The summed E-state index contributed by atoms with van der Waals surface area (Å²) in [6.07, 6.45) is 0. The fourth-order valence-electron chi connectivity index (χ4n) is 1.89. The van der Waals surface area contributed by atoms with Crippen LogP contribution in [-0.2, 0) is 0 Å². The van der Waals surface area contributed by atoms with Gasteiger partial charge in [-0.1, -0.05) is 17.7 Å². The molecule has 4 heteroatoms. The van der Waals surface area contributed by atoms with E-state index in [4.69, 9.17) is 11.6 Å². The van der Waals surface area contributed by atoms with Crippen LogP contribution in [0.25, 0.3) is 21.0 Å². The molecule has 0 aliphatic rings. The first-order chi connectivity index (χ1) is 8.15. The van der Waals surface area contributed by atoms with Crippen LogP contribution in [0.15, 0.2) is 35.1 Å². The summed E-state index contributed by atoms with van der Waals surface area (Å²) in [7, 11) is 0. The number of aromatic nitrogens is 1. The molecule has 0 N–H and O–H groups in total. The fraction of sp³-hybridized carbons (Fsp3) is 0.0769. The number of aryl methyl sites for hydroxylation is 1. The lowest BCUT2D eigenvalue weighted by atomic mass is 10.2. The summed E-state index contributed by atoms with van der Waals surface area (Å²) in [6.45, 7) is 1.91. The highest BCUT2D eigenvalue weighted by molar-refractivity contribution is 7.18. The van der Waals surface area contributed by atoms with Crippen molar-refractivity contribution in [3.05, 3.63) is 50.6 Å². The maximum Gasteiger partial charge on any atom is 0.213 e. The Bertz CT molecular complexity index is 794. The van der Waals surface area contributed by atoms with Crippen molar-refractivity contribution in [2.45, 2.75) is 6.92 Å². The topological polar surface area (TPSA) is 30.0 Å². The molecule has 3 aromatic rings. The quantitative estimate of drug-likeness (QED) is 0.617. The summed E-state index contributed by atoms with van der Waals surface area (Å²) >= 11 is 7.46. The first-order valence-electron chi connectivity index (χ1n) is 5.15. The molecule has 2 aromatic carbocycles. The molecule has 0 fully saturated rings. The van der Waals surface area contributed by atoms with E-state index in [-0.39, 0.29) is 5.43 Å². The molecule has 2 nitrogen and oxygen atoms in total. The van der Waals surface area contributed by atoms with E-state index in [0.29, 0.717) is 15.9 Å². The van der Waals surface area contributed by atoms with Gasteiger partial charge in [-0.05, 0) is 36.6 Å². The molecule has 3 rings (SSSR count). The van der Waals surface area contributed by atoms with E-state index in [0.717, 1.165) is 15.1 Å². The van der Waals surface area contributed by atoms with Crippen LogP contribution in [0.2, 0.25) is 5.02 Å². The lowest BCUT2D eigenvalue weighted by Crippen LogP contribution is -1.98. The molecular formula is C13H8ClNOS. The van der Waals surface area contributed by atoms with Crippen LogP contribution in [0.3, 0.4) is 0 Å². The number of rotatable bonds is 0. The summed E-state index contributed by atoms with van der Waals surface area (Å²) in [6, 6.07) is 9.14. The van der Waals surface area contributed by atoms with Crippen molar-refractivity contribution in [2.75, 3.05) is 0 Å². The Labute approximate surface area is 106 Å². The second-order valence-corrected chi connectivity index (χ2v) is 5.51. The predicted octanol–water partition coefficient (Wildman–Crippen LogP) is 3.77. The number of nitrogens with zero attached hydrogens (tertiary/aromatic N) is 1. The summed E-state index contributed by atoms with van der Waals surface area (Å²) in [5.41, 5.74) is 0.519. The van der Waals surface area contributed by atoms with E-state index in [9.17, 15) is 4.79 Å². The van der Waals surface area contributed by atoms with Crippen molar-refractivity contribution >= 4 is 43.9 Å². The standard InChI is InChI=1S/C13H8ClNOS/c1-7-15-12-11(17-7)5-2-8-6-9(14)3-4-10(8)13(12)16/h2-6H,1H3. The molecule has 0 amide bonds. The minimum atomic E-state index is -0.0268. The number of fused-ring (bicyclic) bond motifs is 2. The molecule has 17 heavy (non-hydrogen) atoms. The molecule has 0 saturated heterocycles. The molecule has 0 atom stereocenters. The van der Waals surface area contributed by atoms with Gasteiger partial charge in [-0.15, -0.1) is 11.3 Å². The fourth-order valence-corrected chi connectivity index (χ4v) is 2.90. The van der Waals surface area contributed by atoms with Crippen LogP contribution < -0.4 is 5.43 Å². The summed E-state index contributed by atoms with van der Waals surface area (Å²) in [5, 5.41) is 3.06. The first kappa shape index (κ1) is 10.7. The molecule has 0 unspecified atom stereocenters. The lowest BCUT2D eigenvalue weighted by molar-refractivity contribution is 1.34. The van der Waals surface area contributed by atoms with Crippen LogP contribution in [0.1, 0.15) is 5.01 Å². The van der Waals surface area contributed by atoms with E-state index >= 15 is 0 Å². The summed E-state index contributed by atoms with van der Waals surface area (Å²) in [5.74, 6) is 0. The molecule has 1 heterocycles. The van der Waals surface area contributed by atoms with Gasteiger partial charge >= 0.3 is 0 Å². The number of thiazole rings is 1. The Morgan fingerprint density at radius 3 is 2.88 bits per heavy atom. The normalized spacial score (nSPS) is 11.2. The van der Waals surface area contributed by atoms with Crippen LogP contribution in [0.5, 0.6) is 0 Å². The minimum Gasteiger partial charge on any atom is -0.287 e. The van der Waals surface area contributed by atoms with Gasteiger partial charge in [0.1, 0.15) is 5.52 Å². The van der Waals surface area contributed by atoms with Crippen molar-refractivity contribution in [3.63, 3.8) is 0 Å². The Kier molecular flexibility index (Phi) is 2.38. The number of benzene rings is 1. The van der Waals surface area contributed by atoms with E-state index in [1.165, 1.54) is 11.3 Å². The molecule has 0 bridgehead atoms. The van der Waals surface area contributed by atoms with Gasteiger partial charge in [0, 0.05) is 10.4 Å². The zero-order valence-corrected chi connectivity index (χ0v) is 10.6. The van der Waals surface area contributed by atoms with E-state index < -0.39 is 0 Å². The Morgan fingerprint density at radius 2 is 2.06 bits per heavy atom. The summed E-state index contributed by atoms with van der Waals surface area (Å²) < 4.78 is 0.917. The largest absolute Gasteiger partial charge is 0.287 e. The number of hydrogen-bond donors (Lipinski definition) is 0. The van der Waals surface area contributed by atoms with Crippen LogP contribution in [-0.4, -0.2) is 4.98 Å². The average molecular weight is 262 g/mol. The van der Waals surface area contributed by atoms with Crippen LogP contribution >= 0.6 is 22.9 Å². The van der Waals surface area contributed by atoms with E-state index in [2.05, 4.69) is 4.98 Å². The van der Waals surface area contributed by atoms with Gasteiger partial charge in [0.2, 0.25) is 5.43 Å². The highest BCUT2D eigenvalue weighted by atomic mass is 35.5. The van der Waals surface area contributed by atoms with Crippen LogP contribution in [0.4, 0.5) is 0 Å².